The lowest BCUT2D eigenvalue weighted by atomic mass is 10.0. The van der Waals surface area contributed by atoms with Crippen LogP contribution in [0, 0.1) is 12.7 Å². The minimum Gasteiger partial charge on any atom is -0.488 e. The van der Waals surface area contributed by atoms with Crippen molar-refractivity contribution in [3.8, 4) is 5.75 Å². The van der Waals surface area contributed by atoms with Crippen molar-refractivity contribution < 1.29 is 18.7 Å². The molecular weight excluding hydrogens is 465 g/mol. The van der Waals surface area contributed by atoms with Gasteiger partial charge >= 0.3 is 6.03 Å². The number of carbonyl (C=O) groups excluding carboxylic acids is 2. The first-order valence-electron chi connectivity index (χ1n) is 11.9. The van der Waals surface area contributed by atoms with Crippen molar-refractivity contribution >= 4 is 29.0 Å². The third-order valence-corrected chi connectivity index (χ3v) is 7.50. The molecule has 6 nitrogen and oxygen atoms in total. The number of anilines is 1. The third-order valence-electron chi connectivity index (χ3n) is 6.51. The zero-order valence-corrected chi connectivity index (χ0v) is 20.4. The van der Waals surface area contributed by atoms with Gasteiger partial charge in [0.15, 0.2) is 11.6 Å². The van der Waals surface area contributed by atoms with Gasteiger partial charge in [-0.05, 0) is 67.5 Å². The number of hydrogen-bond donors (Lipinski definition) is 1. The first-order valence-corrected chi connectivity index (χ1v) is 12.7. The van der Waals surface area contributed by atoms with Crippen LogP contribution in [0.1, 0.15) is 34.9 Å². The number of ether oxygens (including phenoxy) is 1. The van der Waals surface area contributed by atoms with Crippen LogP contribution in [0.15, 0.2) is 60.0 Å². The van der Waals surface area contributed by atoms with Gasteiger partial charge < -0.3 is 19.9 Å². The number of carbonyl (C=O) groups is 2. The Balaban J connectivity index is 1.30. The molecule has 2 aliphatic rings. The van der Waals surface area contributed by atoms with E-state index in [0.29, 0.717) is 12.2 Å². The minimum absolute atomic E-state index is 0.00195. The molecule has 2 heterocycles. The van der Waals surface area contributed by atoms with E-state index in [1.807, 2.05) is 42.6 Å². The van der Waals surface area contributed by atoms with Gasteiger partial charge in [-0.2, -0.15) is 0 Å². The Morgan fingerprint density at radius 2 is 1.91 bits per heavy atom. The van der Waals surface area contributed by atoms with E-state index in [0.717, 1.165) is 30.4 Å². The molecule has 0 bridgehead atoms. The molecule has 0 unspecified atom stereocenters. The highest BCUT2D eigenvalue weighted by Gasteiger charge is 2.38. The number of nitrogens with zero attached hydrogens (tertiary/aromatic N) is 2. The number of halogens is 1. The number of hydrogen-bond acceptors (Lipinski definition) is 4. The van der Waals surface area contributed by atoms with Gasteiger partial charge in [-0.3, -0.25) is 4.79 Å². The minimum atomic E-state index is -0.431. The number of benzene rings is 2. The van der Waals surface area contributed by atoms with E-state index in [1.54, 1.807) is 39.3 Å². The van der Waals surface area contributed by atoms with E-state index in [9.17, 15) is 14.0 Å². The first-order chi connectivity index (χ1) is 17.0. The molecule has 5 rings (SSSR count). The Kier molecular flexibility index (Phi) is 6.72. The molecule has 3 amide bonds. The number of rotatable bonds is 7. The fraction of sp³-hybridized carbons (Fsp3) is 0.333. The standard InChI is InChI=1S/C27H28FN3O3S/c1-18-6-8-19(9-7-18)29-27(33)31(20-10-11-20)16-26(32)30-14-12-25-21(13-15-35-25)23(30)17-34-24-5-3-2-4-22(24)28/h2-9,13,15,20,23H,10-12,14,16-17H2,1H3,(H,29,33)/t23-/m1/s1. The zero-order valence-electron chi connectivity index (χ0n) is 19.6. The predicted molar refractivity (Wildman–Crippen MR) is 134 cm³/mol. The lowest BCUT2D eigenvalue weighted by molar-refractivity contribution is -0.135. The third kappa shape index (κ3) is 5.32. The Morgan fingerprint density at radius 1 is 1.14 bits per heavy atom. The van der Waals surface area contributed by atoms with Crippen LogP contribution in [0.2, 0.25) is 0 Å². The maximum atomic E-state index is 14.1. The van der Waals surface area contributed by atoms with E-state index in [1.165, 1.54) is 10.9 Å². The van der Waals surface area contributed by atoms with Crippen LogP contribution < -0.4 is 10.1 Å². The highest BCUT2D eigenvalue weighted by atomic mass is 32.1. The van der Waals surface area contributed by atoms with Gasteiger partial charge in [-0.25, -0.2) is 9.18 Å². The molecule has 0 radical (unpaired) electrons. The number of aryl methyl sites for hydroxylation is 1. The monoisotopic (exact) mass is 493 g/mol. The van der Waals surface area contributed by atoms with Crippen molar-refractivity contribution in [1.29, 1.82) is 0 Å². The fourth-order valence-corrected chi connectivity index (χ4v) is 5.35. The number of urea groups is 1. The molecule has 35 heavy (non-hydrogen) atoms. The molecule has 1 aromatic heterocycles. The van der Waals surface area contributed by atoms with Crippen molar-refractivity contribution in [2.24, 2.45) is 0 Å². The van der Waals surface area contributed by atoms with E-state index >= 15 is 0 Å². The van der Waals surface area contributed by atoms with Crippen LogP contribution in [0.5, 0.6) is 5.75 Å². The lowest BCUT2D eigenvalue weighted by Crippen LogP contribution is -2.49. The van der Waals surface area contributed by atoms with Crippen molar-refractivity contribution in [2.75, 3.05) is 25.0 Å². The average molecular weight is 494 g/mol. The molecule has 1 N–H and O–H groups in total. The average Bonchev–Trinajstić information content (AvgIpc) is 3.58. The highest BCUT2D eigenvalue weighted by molar-refractivity contribution is 7.10. The van der Waals surface area contributed by atoms with E-state index in [-0.39, 0.29) is 42.9 Å². The molecule has 8 heteroatoms. The zero-order chi connectivity index (χ0) is 24.4. The SMILES string of the molecule is Cc1ccc(NC(=O)N(CC(=O)N2CCc3sccc3[C@H]2COc2ccccc2F)C2CC2)cc1. The molecule has 1 aliphatic heterocycles. The largest absolute Gasteiger partial charge is 0.488 e. The van der Waals surface area contributed by atoms with Crippen LogP contribution in [0.25, 0.3) is 0 Å². The molecule has 1 atom stereocenters. The summed E-state index contributed by atoms with van der Waals surface area (Å²) in [6.07, 6.45) is 2.54. The second kappa shape index (κ2) is 10.1. The van der Waals surface area contributed by atoms with Crippen LogP contribution >= 0.6 is 11.3 Å². The summed E-state index contributed by atoms with van der Waals surface area (Å²) in [6, 6.07) is 15.4. The van der Waals surface area contributed by atoms with Crippen LogP contribution in [0.4, 0.5) is 14.9 Å². The van der Waals surface area contributed by atoms with E-state index in [2.05, 4.69) is 5.32 Å². The van der Waals surface area contributed by atoms with Gasteiger partial charge in [0.25, 0.3) is 0 Å². The van der Waals surface area contributed by atoms with Crippen molar-refractivity contribution in [1.82, 2.24) is 9.80 Å². The summed E-state index contributed by atoms with van der Waals surface area (Å²) >= 11 is 1.66. The number of amides is 3. The van der Waals surface area contributed by atoms with Crippen molar-refractivity contribution in [2.45, 2.75) is 38.3 Å². The molecule has 1 saturated carbocycles. The van der Waals surface area contributed by atoms with Crippen LogP contribution in [-0.2, 0) is 11.2 Å². The van der Waals surface area contributed by atoms with E-state index in [4.69, 9.17) is 4.74 Å². The van der Waals surface area contributed by atoms with Gasteiger partial charge in [0.1, 0.15) is 13.2 Å². The molecule has 2 aromatic carbocycles. The topological polar surface area (TPSA) is 61.9 Å². The van der Waals surface area contributed by atoms with Gasteiger partial charge in [0, 0.05) is 23.2 Å². The molecule has 0 saturated heterocycles. The quantitative estimate of drug-likeness (QED) is 0.480. The summed E-state index contributed by atoms with van der Waals surface area (Å²) in [5, 5.41) is 4.94. The first kappa shape index (κ1) is 23.4. The maximum absolute atomic E-state index is 14.1. The smallest absolute Gasteiger partial charge is 0.322 e. The fourth-order valence-electron chi connectivity index (χ4n) is 4.43. The lowest BCUT2D eigenvalue weighted by Gasteiger charge is -2.37. The maximum Gasteiger partial charge on any atom is 0.322 e. The molecular formula is C27H28FN3O3S. The Labute approximate surface area is 208 Å². The van der Waals surface area contributed by atoms with Crippen molar-refractivity contribution in [3.63, 3.8) is 0 Å². The number of fused-ring (bicyclic) bond motifs is 1. The van der Waals surface area contributed by atoms with E-state index < -0.39 is 5.82 Å². The summed E-state index contributed by atoms with van der Waals surface area (Å²) in [7, 11) is 0. The van der Waals surface area contributed by atoms with Crippen LogP contribution in [-0.4, -0.2) is 47.5 Å². The summed E-state index contributed by atoms with van der Waals surface area (Å²) in [4.78, 5) is 31.2. The molecule has 1 aliphatic carbocycles. The van der Waals surface area contributed by atoms with Crippen molar-refractivity contribution in [3.05, 3.63) is 81.8 Å². The predicted octanol–water partition coefficient (Wildman–Crippen LogP) is 5.40. The summed E-state index contributed by atoms with van der Waals surface area (Å²) < 4.78 is 20.0. The summed E-state index contributed by atoms with van der Waals surface area (Å²) in [5.74, 6) is -0.395. The molecule has 1 fully saturated rings. The Morgan fingerprint density at radius 3 is 2.66 bits per heavy atom. The Bertz CT molecular complexity index is 1210. The van der Waals surface area contributed by atoms with Crippen LogP contribution in [0.3, 0.4) is 0 Å². The van der Waals surface area contributed by atoms with Gasteiger partial charge in [0.2, 0.25) is 5.91 Å². The normalized spacial score (nSPS) is 17.0. The Hall–Kier alpha value is -3.39. The number of nitrogens with one attached hydrogen (secondary N) is 1. The molecule has 182 valence electrons. The molecule has 3 aromatic rings. The number of thiophene rings is 1. The van der Waals surface area contributed by atoms with Gasteiger partial charge in [-0.15, -0.1) is 11.3 Å². The summed E-state index contributed by atoms with van der Waals surface area (Å²) in [6.45, 7) is 2.67. The molecule has 0 spiro atoms. The number of para-hydroxylation sites is 1. The van der Waals surface area contributed by atoms with Gasteiger partial charge in [-0.1, -0.05) is 29.8 Å². The second-order valence-electron chi connectivity index (χ2n) is 9.05. The highest BCUT2D eigenvalue weighted by Crippen LogP contribution is 2.35. The second-order valence-corrected chi connectivity index (χ2v) is 10.0. The van der Waals surface area contributed by atoms with Gasteiger partial charge in [0.05, 0.1) is 6.04 Å². The summed E-state index contributed by atoms with van der Waals surface area (Å²) in [5.41, 5.74) is 2.85.